The summed E-state index contributed by atoms with van der Waals surface area (Å²) >= 11 is 0. The molecule has 0 spiro atoms. The van der Waals surface area contributed by atoms with Crippen LogP contribution >= 0.6 is 0 Å². The summed E-state index contributed by atoms with van der Waals surface area (Å²) in [5, 5.41) is 7.17. The van der Waals surface area contributed by atoms with Crippen molar-refractivity contribution in [1.82, 2.24) is 19.6 Å². The Labute approximate surface area is 156 Å². The lowest BCUT2D eigenvalue weighted by Gasteiger charge is -2.11. The first-order valence-electron chi connectivity index (χ1n) is 8.71. The number of hydrogen-bond acceptors (Lipinski definition) is 6. The number of Topliss-reactive ketones (excluding diaryl/α,β-unsaturated/α-hetero) is 1. The average Bonchev–Trinajstić information content (AvgIpc) is 3.05. The largest absolute Gasteiger partial charge is 0.326 e. The summed E-state index contributed by atoms with van der Waals surface area (Å²) in [6.07, 6.45) is 0.814. The highest BCUT2D eigenvalue weighted by atomic mass is 16.1. The van der Waals surface area contributed by atoms with E-state index in [1.54, 1.807) is 28.8 Å². The molecule has 0 fully saturated rings. The van der Waals surface area contributed by atoms with Crippen LogP contribution in [0, 0.1) is 13.8 Å². The van der Waals surface area contributed by atoms with Crippen LogP contribution in [0.3, 0.4) is 0 Å². The molecular weight excluding hydrogens is 344 g/mol. The van der Waals surface area contributed by atoms with Crippen LogP contribution in [0.5, 0.6) is 0 Å². The SMILES string of the molecule is CC(=O)c1cccc(NC(=O)CCc2c(C)nc3nc(CN)nn3c2C)c1. The Morgan fingerprint density at radius 3 is 2.70 bits per heavy atom. The predicted molar refractivity (Wildman–Crippen MR) is 102 cm³/mol. The summed E-state index contributed by atoms with van der Waals surface area (Å²) in [6.45, 7) is 5.57. The number of nitrogens with zero attached hydrogens (tertiary/aromatic N) is 4. The standard InChI is InChI=1S/C19H22N6O2/c1-11-16(12(2)25-19(21-11)23-17(10-20)24-25)7-8-18(27)22-15-6-4-5-14(9-15)13(3)26/h4-6,9H,7-8,10,20H2,1-3H3,(H,22,27). The number of benzene rings is 1. The molecule has 0 bridgehead atoms. The van der Waals surface area contributed by atoms with Gasteiger partial charge in [-0.25, -0.2) is 9.50 Å². The van der Waals surface area contributed by atoms with E-state index in [0.717, 1.165) is 17.0 Å². The number of nitrogens with two attached hydrogens (primary N) is 1. The third-order valence-electron chi connectivity index (χ3n) is 4.43. The third kappa shape index (κ3) is 4.01. The second kappa shape index (κ2) is 7.63. The van der Waals surface area contributed by atoms with Gasteiger partial charge in [0.15, 0.2) is 11.6 Å². The van der Waals surface area contributed by atoms with E-state index in [9.17, 15) is 9.59 Å². The molecule has 1 amide bonds. The molecule has 27 heavy (non-hydrogen) atoms. The lowest BCUT2D eigenvalue weighted by Crippen LogP contribution is -2.14. The van der Waals surface area contributed by atoms with Gasteiger partial charge in [0.1, 0.15) is 0 Å². The van der Waals surface area contributed by atoms with Crippen molar-refractivity contribution in [3.05, 3.63) is 52.6 Å². The summed E-state index contributed by atoms with van der Waals surface area (Å²) in [5.41, 5.74) is 9.46. The Hall–Kier alpha value is -3.13. The van der Waals surface area contributed by atoms with E-state index < -0.39 is 0 Å². The summed E-state index contributed by atoms with van der Waals surface area (Å²) in [5.74, 6) is 0.877. The minimum atomic E-state index is -0.129. The molecule has 3 aromatic rings. The average molecular weight is 366 g/mol. The summed E-state index contributed by atoms with van der Waals surface area (Å²) in [6, 6.07) is 6.91. The van der Waals surface area contributed by atoms with E-state index in [1.165, 1.54) is 6.92 Å². The lowest BCUT2D eigenvalue weighted by atomic mass is 10.1. The number of amides is 1. The number of rotatable bonds is 6. The first-order valence-corrected chi connectivity index (χ1v) is 8.71. The maximum Gasteiger partial charge on any atom is 0.252 e. The lowest BCUT2D eigenvalue weighted by molar-refractivity contribution is -0.116. The molecule has 0 aliphatic heterocycles. The Balaban J connectivity index is 1.73. The number of carbonyl (C=O) groups is 2. The van der Waals surface area contributed by atoms with Gasteiger partial charge in [0.05, 0.1) is 6.54 Å². The first-order chi connectivity index (χ1) is 12.9. The Kier molecular flexibility index (Phi) is 5.27. The van der Waals surface area contributed by atoms with Crippen LogP contribution in [0.1, 0.15) is 46.5 Å². The zero-order chi connectivity index (χ0) is 19.6. The summed E-state index contributed by atoms with van der Waals surface area (Å²) < 4.78 is 1.67. The molecule has 2 heterocycles. The van der Waals surface area contributed by atoms with E-state index in [2.05, 4.69) is 20.4 Å². The number of hydrogen-bond donors (Lipinski definition) is 2. The molecule has 3 rings (SSSR count). The normalized spacial score (nSPS) is 11.0. The highest BCUT2D eigenvalue weighted by molar-refractivity contribution is 5.97. The molecule has 140 valence electrons. The van der Waals surface area contributed by atoms with E-state index >= 15 is 0 Å². The molecule has 0 aliphatic carbocycles. The van der Waals surface area contributed by atoms with Crippen molar-refractivity contribution in [1.29, 1.82) is 0 Å². The zero-order valence-electron chi connectivity index (χ0n) is 15.6. The second-order valence-electron chi connectivity index (χ2n) is 6.39. The molecule has 3 N–H and O–H groups in total. The first kappa shape index (κ1) is 18.7. The molecule has 0 saturated heterocycles. The van der Waals surface area contributed by atoms with Gasteiger partial charge < -0.3 is 11.1 Å². The number of aromatic nitrogens is 4. The third-order valence-corrected chi connectivity index (χ3v) is 4.43. The molecule has 8 heteroatoms. The fourth-order valence-corrected chi connectivity index (χ4v) is 2.98. The Bertz CT molecular complexity index is 1020. The Morgan fingerprint density at radius 1 is 1.22 bits per heavy atom. The van der Waals surface area contributed by atoms with Gasteiger partial charge in [0.2, 0.25) is 5.91 Å². The van der Waals surface area contributed by atoms with Gasteiger partial charge in [-0.15, -0.1) is 5.10 Å². The van der Waals surface area contributed by atoms with E-state index in [0.29, 0.717) is 29.3 Å². The number of anilines is 1. The van der Waals surface area contributed by atoms with Crippen molar-refractivity contribution in [2.75, 3.05) is 5.32 Å². The minimum Gasteiger partial charge on any atom is -0.326 e. The highest BCUT2D eigenvalue weighted by Crippen LogP contribution is 2.17. The second-order valence-corrected chi connectivity index (χ2v) is 6.39. The fraction of sp³-hybridized carbons (Fsp3) is 0.316. The van der Waals surface area contributed by atoms with E-state index in [1.807, 2.05) is 13.8 Å². The number of aryl methyl sites for hydroxylation is 2. The van der Waals surface area contributed by atoms with Crippen LogP contribution < -0.4 is 11.1 Å². The number of fused-ring (bicyclic) bond motifs is 1. The van der Waals surface area contributed by atoms with Gasteiger partial charge in [-0.2, -0.15) is 4.98 Å². The molecular formula is C19H22N6O2. The monoisotopic (exact) mass is 366 g/mol. The number of nitrogens with one attached hydrogen (secondary N) is 1. The van der Waals surface area contributed by atoms with Crippen LogP contribution in [0.25, 0.3) is 5.78 Å². The molecule has 0 radical (unpaired) electrons. The molecule has 1 aromatic carbocycles. The van der Waals surface area contributed by atoms with Crippen LogP contribution in [0.15, 0.2) is 24.3 Å². The predicted octanol–water partition coefficient (Wildman–Crippen LogP) is 1.97. The van der Waals surface area contributed by atoms with Crippen LogP contribution in [-0.2, 0) is 17.8 Å². The van der Waals surface area contributed by atoms with Crippen molar-refractivity contribution in [3.8, 4) is 0 Å². The Morgan fingerprint density at radius 2 is 2.00 bits per heavy atom. The van der Waals surface area contributed by atoms with Crippen molar-refractivity contribution < 1.29 is 9.59 Å². The van der Waals surface area contributed by atoms with Crippen molar-refractivity contribution in [2.24, 2.45) is 5.73 Å². The number of carbonyl (C=O) groups excluding carboxylic acids is 2. The minimum absolute atomic E-state index is 0.0404. The molecule has 0 saturated carbocycles. The van der Waals surface area contributed by atoms with Gasteiger partial charge >= 0.3 is 0 Å². The molecule has 0 atom stereocenters. The van der Waals surface area contributed by atoms with Crippen molar-refractivity contribution in [2.45, 2.75) is 40.2 Å². The fourth-order valence-electron chi connectivity index (χ4n) is 2.98. The molecule has 8 nitrogen and oxygen atoms in total. The van der Waals surface area contributed by atoms with Crippen LogP contribution in [0.2, 0.25) is 0 Å². The molecule has 0 aliphatic rings. The van der Waals surface area contributed by atoms with Gasteiger partial charge in [-0.05, 0) is 44.9 Å². The van der Waals surface area contributed by atoms with Crippen molar-refractivity contribution >= 4 is 23.2 Å². The van der Waals surface area contributed by atoms with E-state index in [-0.39, 0.29) is 24.7 Å². The molecule has 2 aromatic heterocycles. The summed E-state index contributed by atoms with van der Waals surface area (Å²) in [4.78, 5) is 32.5. The van der Waals surface area contributed by atoms with Gasteiger partial charge in [-0.1, -0.05) is 12.1 Å². The maximum atomic E-state index is 12.3. The van der Waals surface area contributed by atoms with Crippen molar-refractivity contribution in [3.63, 3.8) is 0 Å². The highest BCUT2D eigenvalue weighted by Gasteiger charge is 2.14. The smallest absolute Gasteiger partial charge is 0.252 e. The summed E-state index contributed by atoms with van der Waals surface area (Å²) in [7, 11) is 0. The topological polar surface area (TPSA) is 115 Å². The molecule has 0 unspecified atom stereocenters. The quantitative estimate of drug-likeness (QED) is 0.645. The van der Waals surface area contributed by atoms with Gasteiger partial charge in [0.25, 0.3) is 5.78 Å². The van der Waals surface area contributed by atoms with Gasteiger partial charge in [-0.3, -0.25) is 9.59 Å². The van der Waals surface area contributed by atoms with Crippen LogP contribution in [-0.4, -0.2) is 31.3 Å². The van der Waals surface area contributed by atoms with Gasteiger partial charge in [0, 0.05) is 29.1 Å². The van der Waals surface area contributed by atoms with Crippen LogP contribution in [0.4, 0.5) is 5.69 Å². The number of ketones is 1. The maximum absolute atomic E-state index is 12.3. The van der Waals surface area contributed by atoms with E-state index in [4.69, 9.17) is 5.73 Å². The zero-order valence-corrected chi connectivity index (χ0v) is 15.6.